The molecule has 1 aliphatic carbocycles. The van der Waals surface area contributed by atoms with E-state index in [1.807, 2.05) is 12.1 Å². The Morgan fingerprint density at radius 2 is 2.17 bits per heavy atom. The van der Waals surface area contributed by atoms with Gasteiger partial charge < -0.3 is 15.4 Å². The molecule has 3 rings (SSSR count). The Balaban J connectivity index is 1.66. The summed E-state index contributed by atoms with van der Waals surface area (Å²) in [6, 6.07) is 5.85. The number of thiazole rings is 1. The predicted octanol–water partition coefficient (Wildman–Crippen LogP) is 4.09. The summed E-state index contributed by atoms with van der Waals surface area (Å²) in [5, 5.41) is 7.89. The minimum Gasteiger partial charge on any atom is -0.462 e. The molecule has 1 saturated carbocycles. The van der Waals surface area contributed by atoms with Gasteiger partial charge in [-0.1, -0.05) is 30.6 Å². The summed E-state index contributed by atoms with van der Waals surface area (Å²) in [6.07, 6.45) is 6.18. The number of rotatable bonds is 4. The monoisotopic (exact) mass is 363 g/mol. The number of nitrogens with zero attached hydrogens (tertiary/aromatic N) is 1. The molecule has 24 heavy (non-hydrogen) atoms. The Kier molecular flexibility index (Phi) is 5.63. The van der Waals surface area contributed by atoms with Crippen LogP contribution >= 0.6 is 23.6 Å². The summed E-state index contributed by atoms with van der Waals surface area (Å²) in [7, 11) is 0. The Morgan fingerprint density at radius 1 is 1.38 bits per heavy atom. The van der Waals surface area contributed by atoms with Gasteiger partial charge in [-0.2, -0.15) is 0 Å². The van der Waals surface area contributed by atoms with Crippen LogP contribution in [0.1, 0.15) is 49.4 Å². The van der Waals surface area contributed by atoms with E-state index in [0.717, 1.165) is 15.3 Å². The van der Waals surface area contributed by atoms with Crippen LogP contribution in [0.3, 0.4) is 0 Å². The van der Waals surface area contributed by atoms with Gasteiger partial charge in [-0.05, 0) is 50.2 Å². The Hall–Kier alpha value is -1.73. The van der Waals surface area contributed by atoms with Gasteiger partial charge in [-0.15, -0.1) is 0 Å². The fourth-order valence-corrected chi connectivity index (χ4v) is 4.12. The maximum absolute atomic E-state index is 11.8. The molecule has 1 aliphatic rings. The van der Waals surface area contributed by atoms with Crippen molar-refractivity contribution in [2.75, 3.05) is 11.9 Å². The number of hydrogen-bond acceptors (Lipinski definition) is 5. The first-order valence-electron chi connectivity index (χ1n) is 8.31. The van der Waals surface area contributed by atoms with E-state index in [1.54, 1.807) is 13.0 Å². The number of fused-ring (bicyclic) bond motifs is 1. The van der Waals surface area contributed by atoms with Gasteiger partial charge in [0.15, 0.2) is 10.2 Å². The first-order valence-corrected chi connectivity index (χ1v) is 9.53. The number of carbonyl (C=O) groups excluding carboxylic acids is 1. The summed E-state index contributed by atoms with van der Waals surface area (Å²) >= 11 is 6.87. The van der Waals surface area contributed by atoms with Crippen LogP contribution in [0.25, 0.3) is 10.2 Å². The molecule has 0 saturated heterocycles. The number of ether oxygens (including phenoxy) is 1. The maximum Gasteiger partial charge on any atom is 0.338 e. The smallest absolute Gasteiger partial charge is 0.338 e. The molecule has 0 aliphatic heterocycles. The first-order chi connectivity index (χ1) is 11.7. The van der Waals surface area contributed by atoms with E-state index in [0.29, 0.717) is 23.3 Å². The third kappa shape index (κ3) is 4.21. The van der Waals surface area contributed by atoms with E-state index < -0.39 is 0 Å². The molecular weight excluding hydrogens is 342 g/mol. The summed E-state index contributed by atoms with van der Waals surface area (Å²) < 4.78 is 5.97. The van der Waals surface area contributed by atoms with Gasteiger partial charge in [0.25, 0.3) is 0 Å². The predicted molar refractivity (Wildman–Crippen MR) is 102 cm³/mol. The number of aromatic nitrogens is 1. The zero-order valence-corrected chi connectivity index (χ0v) is 15.3. The lowest BCUT2D eigenvalue weighted by molar-refractivity contribution is 0.0526. The summed E-state index contributed by atoms with van der Waals surface area (Å²) in [4.78, 5) is 16.3. The molecule has 128 valence electrons. The third-order valence-electron chi connectivity index (χ3n) is 4.06. The molecule has 0 unspecified atom stereocenters. The zero-order chi connectivity index (χ0) is 16.9. The second kappa shape index (κ2) is 7.90. The number of hydrogen-bond donors (Lipinski definition) is 2. The molecule has 1 aromatic heterocycles. The van der Waals surface area contributed by atoms with Gasteiger partial charge in [0.1, 0.15) is 0 Å². The van der Waals surface area contributed by atoms with Crippen LogP contribution in [-0.2, 0) is 4.74 Å². The minimum absolute atomic E-state index is 0.309. The van der Waals surface area contributed by atoms with E-state index in [4.69, 9.17) is 17.0 Å². The molecule has 7 heteroatoms. The largest absolute Gasteiger partial charge is 0.462 e. The van der Waals surface area contributed by atoms with E-state index >= 15 is 0 Å². The lowest BCUT2D eigenvalue weighted by Gasteiger charge is -2.23. The highest BCUT2D eigenvalue weighted by atomic mass is 32.1. The minimum atomic E-state index is -0.309. The summed E-state index contributed by atoms with van der Waals surface area (Å²) in [6.45, 7) is 2.17. The highest BCUT2D eigenvalue weighted by Crippen LogP contribution is 2.27. The highest BCUT2D eigenvalue weighted by Gasteiger charge is 2.15. The fraction of sp³-hybridized carbons (Fsp3) is 0.471. The molecule has 1 heterocycles. The van der Waals surface area contributed by atoms with E-state index in [9.17, 15) is 4.79 Å². The number of esters is 1. The van der Waals surface area contributed by atoms with Crippen LogP contribution in [0.4, 0.5) is 5.13 Å². The highest BCUT2D eigenvalue weighted by molar-refractivity contribution is 7.80. The molecule has 0 bridgehead atoms. The fourth-order valence-electron chi connectivity index (χ4n) is 2.89. The van der Waals surface area contributed by atoms with Crippen LogP contribution < -0.4 is 10.6 Å². The Morgan fingerprint density at radius 3 is 2.92 bits per heavy atom. The van der Waals surface area contributed by atoms with Crippen LogP contribution in [0.2, 0.25) is 0 Å². The molecule has 1 fully saturated rings. The second-order valence-electron chi connectivity index (χ2n) is 5.86. The van der Waals surface area contributed by atoms with Crippen LogP contribution in [-0.4, -0.2) is 28.7 Å². The quantitative estimate of drug-likeness (QED) is 0.630. The molecule has 0 amide bonds. The number of thiocarbonyl (C=S) groups is 1. The molecule has 1 aromatic carbocycles. The van der Waals surface area contributed by atoms with Gasteiger partial charge in [0.2, 0.25) is 0 Å². The van der Waals surface area contributed by atoms with Crippen molar-refractivity contribution in [1.29, 1.82) is 0 Å². The van der Waals surface area contributed by atoms with Crippen molar-refractivity contribution in [3.63, 3.8) is 0 Å². The molecule has 0 spiro atoms. The normalized spacial score (nSPS) is 15.2. The first kappa shape index (κ1) is 17.1. The zero-order valence-electron chi connectivity index (χ0n) is 13.6. The lowest BCUT2D eigenvalue weighted by atomic mass is 9.96. The molecule has 2 N–H and O–H groups in total. The summed E-state index contributed by atoms with van der Waals surface area (Å²) in [5.74, 6) is -0.309. The second-order valence-corrected chi connectivity index (χ2v) is 7.29. The molecule has 5 nitrogen and oxygen atoms in total. The van der Waals surface area contributed by atoms with Crippen molar-refractivity contribution < 1.29 is 9.53 Å². The van der Waals surface area contributed by atoms with E-state index in [2.05, 4.69) is 15.6 Å². The van der Waals surface area contributed by atoms with E-state index in [1.165, 1.54) is 43.4 Å². The number of benzene rings is 1. The lowest BCUT2D eigenvalue weighted by Crippen LogP contribution is -2.38. The number of anilines is 1. The van der Waals surface area contributed by atoms with Gasteiger partial charge in [-0.25, -0.2) is 9.78 Å². The average molecular weight is 364 g/mol. The van der Waals surface area contributed by atoms with Gasteiger partial charge in [-0.3, -0.25) is 0 Å². The third-order valence-corrected chi connectivity index (χ3v) is 5.21. The van der Waals surface area contributed by atoms with Crippen molar-refractivity contribution in [3.05, 3.63) is 23.8 Å². The topological polar surface area (TPSA) is 63.2 Å². The number of nitrogens with one attached hydrogen (secondary N) is 2. The van der Waals surface area contributed by atoms with E-state index in [-0.39, 0.29) is 5.97 Å². The van der Waals surface area contributed by atoms with Gasteiger partial charge in [0, 0.05) is 6.04 Å². The molecule has 0 radical (unpaired) electrons. The van der Waals surface area contributed by atoms with Crippen molar-refractivity contribution in [3.8, 4) is 0 Å². The molecule has 0 atom stereocenters. The van der Waals surface area contributed by atoms with Crippen molar-refractivity contribution in [1.82, 2.24) is 10.3 Å². The van der Waals surface area contributed by atoms with Crippen molar-refractivity contribution in [2.24, 2.45) is 0 Å². The Labute approximate surface area is 150 Å². The number of carbonyl (C=O) groups is 1. The standard InChI is InChI=1S/C17H21N3O2S2/c1-2-22-15(21)11-8-9-13-14(10-11)24-17(19-13)20-16(23)18-12-6-4-3-5-7-12/h8-10,12H,2-7H2,1H3,(H2,18,19,20,23). The SMILES string of the molecule is CCOC(=O)c1ccc2nc(NC(=S)NC3CCCCC3)sc2c1. The van der Waals surface area contributed by atoms with Gasteiger partial charge in [0.05, 0.1) is 22.4 Å². The average Bonchev–Trinajstić information content (AvgIpc) is 2.97. The Bertz CT molecular complexity index is 739. The van der Waals surface area contributed by atoms with Crippen molar-refractivity contribution in [2.45, 2.75) is 45.1 Å². The van der Waals surface area contributed by atoms with Crippen LogP contribution in [0.5, 0.6) is 0 Å². The van der Waals surface area contributed by atoms with Crippen molar-refractivity contribution >= 4 is 50.0 Å². The molecular formula is C17H21N3O2S2. The van der Waals surface area contributed by atoms with Crippen LogP contribution in [0.15, 0.2) is 18.2 Å². The molecule has 2 aromatic rings. The summed E-state index contributed by atoms with van der Waals surface area (Å²) in [5.41, 5.74) is 1.39. The van der Waals surface area contributed by atoms with Gasteiger partial charge >= 0.3 is 5.97 Å². The maximum atomic E-state index is 11.8. The van der Waals surface area contributed by atoms with Crippen LogP contribution in [0, 0.1) is 0 Å².